The van der Waals surface area contributed by atoms with E-state index in [2.05, 4.69) is 32.8 Å². The molecule has 6 nitrogen and oxygen atoms in total. The molecular weight excluding hydrogens is 453 g/mol. The van der Waals surface area contributed by atoms with E-state index >= 15 is 0 Å². The Hall–Kier alpha value is -3.97. The molecule has 2 N–H and O–H groups in total. The molecule has 3 aromatic carbocycles. The zero-order valence-corrected chi connectivity index (χ0v) is 18.8. The zero-order valence-electron chi connectivity index (χ0n) is 18.0. The average Bonchev–Trinajstić information content (AvgIpc) is 3.26. The fourth-order valence-electron chi connectivity index (χ4n) is 3.99. The van der Waals surface area contributed by atoms with Crippen molar-refractivity contribution < 1.29 is 9.18 Å². The van der Waals surface area contributed by atoms with Gasteiger partial charge >= 0.3 is 0 Å². The molecule has 0 unspecified atom stereocenters. The van der Waals surface area contributed by atoms with Crippen LogP contribution in [0.25, 0.3) is 6.08 Å². The molecule has 4 aromatic rings. The molecule has 5 rings (SSSR count). The Labute approximate surface area is 201 Å². The van der Waals surface area contributed by atoms with Gasteiger partial charge in [0.2, 0.25) is 5.95 Å². The minimum Gasteiger partial charge on any atom is -0.347 e. The number of fused-ring (bicyclic) bond motifs is 1. The number of nitrogens with one attached hydrogen (secondary N) is 2. The minimum absolute atomic E-state index is 0.0282. The van der Waals surface area contributed by atoms with Crippen LogP contribution in [0.15, 0.2) is 84.9 Å². The highest BCUT2D eigenvalue weighted by molar-refractivity contribution is 6.30. The molecule has 170 valence electrons. The number of anilines is 2. The maximum absolute atomic E-state index is 13.1. The van der Waals surface area contributed by atoms with Gasteiger partial charge in [-0.25, -0.2) is 9.07 Å². The van der Waals surface area contributed by atoms with Crippen LogP contribution in [0.1, 0.15) is 35.2 Å². The highest BCUT2D eigenvalue weighted by Gasteiger charge is 2.31. The Morgan fingerprint density at radius 3 is 2.50 bits per heavy atom. The first-order valence-corrected chi connectivity index (χ1v) is 11.2. The molecule has 0 saturated carbocycles. The normalized spacial score (nSPS) is 17.2. The summed E-state index contributed by atoms with van der Waals surface area (Å²) in [5, 5.41) is 11.4. The molecule has 0 bridgehead atoms. The van der Waals surface area contributed by atoms with Crippen molar-refractivity contribution in [2.24, 2.45) is 0 Å². The molecular formula is C26H21ClFN5O. The second-order valence-corrected chi connectivity index (χ2v) is 8.42. The van der Waals surface area contributed by atoms with Gasteiger partial charge in [-0.05, 0) is 53.5 Å². The number of amides is 1. The van der Waals surface area contributed by atoms with Gasteiger partial charge in [0.1, 0.15) is 5.82 Å². The summed E-state index contributed by atoms with van der Waals surface area (Å²) < 4.78 is 14.9. The van der Waals surface area contributed by atoms with Crippen LogP contribution in [-0.4, -0.2) is 20.7 Å². The third-order valence-electron chi connectivity index (χ3n) is 5.68. The van der Waals surface area contributed by atoms with Gasteiger partial charge in [0, 0.05) is 11.1 Å². The van der Waals surface area contributed by atoms with E-state index in [9.17, 15) is 9.18 Å². The first kappa shape index (κ1) is 21.9. The Bertz CT molecular complexity index is 1320. The van der Waals surface area contributed by atoms with Crippen LogP contribution in [-0.2, 0) is 4.79 Å². The Balaban J connectivity index is 1.40. The smallest absolute Gasteiger partial charge is 0.250 e. The molecule has 34 heavy (non-hydrogen) atoms. The lowest BCUT2D eigenvalue weighted by Crippen LogP contribution is -2.28. The quantitative estimate of drug-likeness (QED) is 0.356. The van der Waals surface area contributed by atoms with Crippen molar-refractivity contribution in [3.05, 3.63) is 112 Å². The SMILES string of the molecule is O=C(/C=C/c1ccc(F)cc1)Nc1nc2n(n1)[C@@H](c1ccc(Cl)cc1)C[C@@H](c1ccccc1)N2. The number of halogens is 2. The molecule has 0 aliphatic carbocycles. The van der Waals surface area contributed by atoms with E-state index < -0.39 is 0 Å². The molecule has 1 aliphatic rings. The predicted molar refractivity (Wildman–Crippen MR) is 131 cm³/mol. The number of rotatable bonds is 5. The molecule has 0 spiro atoms. The summed E-state index contributed by atoms with van der Waals surface area (Å²) in [7, 11) is 0. The van der Waals surface area contributed by atoms with Gasteiger partial charge in [0.25, 0.3) is 11.9 Å². The van der Waals surface area contributed by atoms with Crippen molar-refractivity contribution in [3.8, 4) is 0 Å². The van der Waals surface area contributed by atoms with Crippen LogP contribution in [0, 0.1) is 5.82 Å². The summed E-state index contributed by atoms with van der Waals surface area (Å²) in [6.45, 7) is 0. The molecule has 0 fully saturated rings. The summed E-state index contributed by atoms with van der Waals surface area (Å²) in [6.07, 6.45) is 3.72. The van der Waals surface area contributed by atoms with Crippen LogP contribution in [0.4, 0.5) is 16.3 Å². The van der Waals surface area contributed by atoms with Gasteiger partial charge < -0.3 is 5.32 Å². The second-order valence-electron chi connectivity index (χ2n) is 7.99. The first-order chi connectivity index (χ1) is 16.5. The summed E-state index contributed by atoms with van der Waals surface area (Å²) >= 11 is 6.10. The fourth-order valence-corrected chi connectivity index (χ4v) is 4.12. The van der Waals surface area contributed by atoms with Crippen LogP contribution in [0.5, 0.6) is 0 Å². The molecule has 1 aromatic heterocycles. The lowest BCUT2D eigenvalue weighted by atomic mass is 9.93. The molecule has 1 amide bonds. The number of nitrogens with zero attached hydrogens (tertiary/aromatic N) is 3. The highest BCUT2D eigenvalue weighted by Crippen LogP contribution is 2.38. The molecule has 0 radical (unpaired) electrons. The van der Waals surface area contributed by atoms with Crippen molar-refractivity contribution in [1.82, 2.24) is 14.8 Å². The van der Waals surface area contributed by atoms with Crippen LogP contribution in [0.2, 0.25) is 5.02 Å². The monoisotopic (exact) mass is 473 g/mol. The van der Waals surface area contributed by atoms with E-state index in [1.165, 1.54) is 18.2 Å². The number of carbonyl (C=O) groups excluding carboxylic acids is 1. The fraction of sp³-hybridized carbons (Fsp3) is 0.115. The summed E-state index contributed by atoms with van der Waals surface area (Å²) in [6, 6.07) is 23.6. The maximum Gasteiger partial charge on any atom is 0.250 e. The van der Waals surface area contributed by atoms with Crippen molar-refractivity contribution in [2.75, 3.05) is 10.6 Å². The van der Waals surface area contributed by atoms with Crippen LogP contribution in [0.3, 0.4) is 0 Å². The largest absolute Gasteiger partial charge is 0.347 e. The molecule has 1 aliphatic heterocycles. The Kier molecular flexibility index (Phi) is 6.10. The number of hydrogen-bond acceptors (Lipinski definition) is 4. The maximum atomic E-state index is 13.1. The van der Waals surface area contributed by atoms with E-state index in [1.807, 2.05) is 42.5 Å². The Morgan fingerprint density at radius 2 is 1.76 bits per heavy atom. The topological polar surface area (TPSA) is 71.8 Å². The Morgan fingerprint density at radius 1 is 1.03 bits per heavy atom. The molecule has 8 heteroatoms. The number of carbonyl (C=O) groups is 1. The van der Waals surface area contributed by atoms with E-state index in [0.29, 0.717) is 16.5 Å². The molecule has 0 saturated heterocycles. The van der Waals surface area contributed by atoms with Gasteiger partial charge in [-0.15, -0.1) is 5.10 Å². The van der Waals surface area contributed by atoms with Gasteiger partial charge in [0.05, 0.1) is 12.1 Å². The number of aromatic nitrogens is 3. The first-order valence-electron chi connectivity index (χ1n) is 10.8. The predicted octanol–water partition coefficient (Wildman–Crippen LogP) is 5.87. The van der Waals surface area contributed by atoms with E-state index in [-0.39, 0.29) is 29.8 Å². The summed E-state index contributed by atoms with van der Waals surface area (Å²) in [5.41, 5.74) is 2.90. The van der Waals surface area contributed by atoms with Gasteiger partial charge in [-0.1, -0.05) is 66.2 Å². The van der Waals surface area contributed by atoms with E-state index in [1.54, 1.807) is 22.9 Å². The van der Waals surface area contributed by atoms with Gasteiger partial charge in [0.15, 0.2) is 0 Å². The summed E-state index contributed by atoms with van der Waals surface area (Å²) in [4.78, 5) is 17.0. The zero-order chi connectivity index (χ0) is 23.5. The van der Waals surface area contributed by atoms with Gasteiger partial charge in [-0.3, -0.25) is 10.1 Å². The van der Waals surface area contributed by atoms with Crippen LogP contribution >= 0.6 is 11.6 Å². The molecule has 2 heterocycles. The molecule has 2 atom stereocenters. The van der Waals surface area contributed by atoms with Gasteiger partial charge in [-0.2, -0.15) is 4.98 Å². The standard InChI is InChI=1S/C26H21ClFN5O/c27-20-11-9-19(10-12-20)23-16-22(18-4-2-1-3-5-18)29-26-31-25(32-33(23)26)30-24(34)15-8-17-6-13-21(28)14-7-17/h1-15,22-23H,16H2,(H2,29,30,31,32,34)/b15-8+/t22-,23+/m0/s1. The van der Waals surface area contributed by atoms with Crippen molar-refractivity contribution in [2.45, 2.75) is 18.5 Å². The van der Waals surface area contributed by atoms with E-state index in [0.717, 1.165) is 17.5 Å². The average molecular weight is 474 g/mol. The van der Waals surface area contributed by atoms with Crippen molar-refractivity contribution in [1.29, 1.82) is 0 Å². The van der Waals surface area contributed by atoms with Crippen molar-refractivity contribution in [3.63, 3.8) is 0 Å². The second kappa shape index (κ2) is 9.49. The van der Waals surface area contributed by atoms with E-state index in [4.69, 9.17) is 11.6 Å². The lowest BCUT2D eigenvalue weighted by Gasteiger charge is -2.31. The highest BCUT2D eigenvalue weighted by atomic mass is 35.5. The third-order valence-corrected chi connectivity index (χ3v) is 5.93. The minimum atomic E-state index is -0.380. The van der Waals surface area contributed by atoms with Crippen molar-refractivity contribution >= 4 is 35.5 Å². The summed E-state index contributed by atoms with van der Waals surface area (Å²) in [5.74, 6) is 0.0580. The van der Waals surface area contributed by atoms with Crippen LogP contribution < -0.4 is 10.6 Å². The number of benzene rings is 3. The lowest BCUT2D eigenvalue weighted by molar-refractivity contribution is -0.111. The number of hydrogen-bond donors (Lipinski definition) is 2. The third kappa shape index (κ3) is 4.84.